The Morgan fingerprint density at radius 2 is 1.62 bits per heavy atom. The van der Waals surface area contributed by atoms with Crippen LogP contribution < -0.4 is 11.2 Å². The van der Waals surface area contributed by atoms with Gasteiger partial charge in [0, 0.05) is 12.6 Å². The number of Topliss-reactive ketones (excluding diaryl/α,β-unsaturated/α-hetero) is 1. The maximum Gasteiger partial charge on any atom is 0.329 e. The van der Waals surface area contributed by atoms with Gasteiger partial charge < -0.3 is 9.47 Å². The minimum absolute atomic E-state index is 0.144. The first-order chi connectivity index (χ1) is 16.6. The van der Waals surface area contributed by atoms with Crippen LogP contribution in [0.15, 0.2) is 81.4 Å². The molecule has 4 rings (SSSR count). The van der Waals surface area contributed by atoms with Crippen molar-refractivity contribution in [2.24, 2.45) is 5.92 Å². The largest absolute Gasteiger partial charge is 0.376 e. The fraction of sp³-hybridized carbons (Fsp3) is 0.269. The molecule has 8 heteroatoms. The highest BCUT2D eigenvalue weighted by molar-refractivity contribution is 9.11. The van der Waals surface area contributed by atoms with E-state index < -0.39 is 29.3 Å². The lowest BCUT2D eigenvalue weighted by atomic mass is 10.1. The maximum atomic E-state index is 13.4. The van der Waals surface area contributed by atoms with Crippen molar-refractivity contribution in [2.45, 2.75) is 31.8 Å². The molecule has 3 aromatic rings. The van der Waals surface area contributed by atoms with Gasteiger partial charge in [0.05, 0.1) is 43.4 Å². The van der Waals surface area contributed by atoms with Crippen LogP contribution in [0.3, 0.4) is 0 Å². The van der Waals surface area contributed by atoms with Gasteiger partial charge in [0.25, 0.3) is 5.56 Å². The Hall–Kier alpha value is -3.07. The van der Waals surface area contributed by atoms with Crippen molar-refractivity contribution in [3.8, 4) is 0 Å². The predicted octanol–water partition coefficient (Wildman–Crippen LogP) is 3.83. The average molecular weight is 525 g/mol. The quantitative estimate of drug-likeness (QED) is 0.459. The second kappa shape index (κ2) is 11.4. The van der Waals surface area contributed by atoms with Gasteiger partial charge in [-0.1, -0.05) is 76.6 Å². The van der Waals surface area contributed by atoms with E-state index in [1.54, 1.807) is 0 Å². The number of benzene rings is 2. The molecular weight excluding hydrogens is 500 g/mol. The smallest absolute Gasteiger partial charge is 0.329 e. The molecule has 1 N–H and O–H groups in total. The third-order valence-corrected chi connectivity index (χ3v) is 6.15. The highest BCUT2D eigenvalue weighted by atomic mass is 79.9. The number of hydrogen-bond donors (Lipinski definition) is 1. The van der Waals surface area contributed by atoms with E-state index in [0.717, 1.165) is 11.1 Å². The van der Waals surface area contributed by atoms with E-state index in [4.69, 9.17) is 9.47 Å². The molecule has 7 nitrogen and oxygen atoms in total. The van der Waals surface area contributed by atoms with E-state index >= 15 is 0 Å². The van der Waals surface area contributed by atoms with Crippen LogP contribution in [0.1, 0.15) is 29.2 Å². The van der Waals surface area contributed by atoms with Crippen molar-refractivity contribution in [3.05, 3.63) is 109 Å². The number of nitrogens with one attached hydrogen (secondary N) is 1. The number of carbonyl (C=O) groups excluding carboxylic acids is 1. The summed E-state index contributed by atoms with van der Waals surface area (Å²) in [6.45, 7) is 0.897. The van der Waals surface area contributed by atoms with Crippen molar-refractivity contribution in [2.75, 3.05) is 6.61 Å². The summed E-state index contributed by atoms with van der Waals surface area (Å²) in [4.78, 5) is 41.9. The fourth-order valence-corrected chi connectivity index (χ4v) is 4.41. The van der Waals surface area contributed by atoms with Crippen LogP contribution >= 0.6 is 15.9 Å². The molecule has 1 aliphatic carbocycles. The zero-order valence-corrected chi connectivity index (χ0v) is 20.0. The third-order valence-electron chi connectivity index (χ3n) is 5.89. The minimum atomic E-state index is -0.752. The molecule has 0 amide bonds. The lowest BCUT2D eigenvalue weighted by Crippen LogP contribution is -2.35. The van der Waals surface area contributed by atoms with E-state index in [2.05, 4.69) is 20.9 Å². The summed E-state index contributed by atoms with van der Waals surface area (Å²) < 4.78 is 13.3. The van der Waals surface area contributed by atoms with Gasteiger partial charge in [0.1, 0.15) is 0 Å². The van der Waals surface area contributed by atoms with Crippen LogP contribution in [0.4, 0.5) is 0 Å². The Morgan fingerprint density at radius 3 is 2.26 bits per heavy atom. The number of hydrogen-bond acceptors (Lipinski definition) is 5. The van der Waals surface area contributed by atoms with Crippen molar-refractivity contribution < 1.29 is 14.3 Å². The first-order valence-electron chi connectivity index (χ1n) is 11.0. The number of ketones is 1. The molecule has 0 radical (unpaired) electrons. The number of halogens is 1. The average Bonchev–Trinajstić information content (AvgIpc) is 3.16. The number of carbonyl (C=O) groups is 1. The van der Waals surface area contributed by atoms with Crippen LogP contribution in [0.2, 0.25) is 0 Å². The molecule has 3 atom stereocenters. The van der Waals surface area contributed by atoms with Crippen molar-refractivity contribution in [3.63, 3.8) is 0 Å². The Bertz CT molecular complexity index is 1250. The van der Waals surface area contributed by atoms with Crippen molar-refractivity contribution in [1.29, 1.82) is 0 Å². The summed E-state index contributed by atoms with van der Waals surface area (Å²) in [5.74, 6) is -0.680. The zero-order valence-electron chi connectivity index (χ0n) is 18.4. The summed E-state index contributed by atoms with van der Waals surface area (Å²) >= 11 is 3.14. The van der Waals surface area contributed by atoms with Crippen LogP contribution in [0, 0.1) is 5.92 Å². The van der Waals surface area contributed by atoms with Crippen LogP contribution in [-0.4, -0.2) is 28.0 Å². The molecule has 1 aromatic heterocycles. The van der Waals surface area contributed by atoms with Crippen LogP contribution in [0.5, 0.6) is 0 Å². The summed E-state index contributed by atoms with van der Waals surface area (Å²) in [7, 11) is 0. The van der Waals surface area contributed by atoms with Crippen LogP contribution in [-0.2, 0) is 27.5 Å². The maximum absolute atomic E-state index is 13.4. The number of ether oxygens (including phenoxy) is 2. The Morgan fingerprint density at radius 1 is 0.971 bits per heavy atom. The monoisotopic (exact) mass is 524 g/mol. The predicted molar refractivity (Wildman–Crippen MR) is 133 cm³/mol. The number of aromatic nitrogens is 2. The summed E-state index contributed by atoms with van der Waals surface area (Å²) in [5, 5.41) is 0. The van der Waals surface area contributed by atoms with Gasteiger partial charge in [-0.05, 0) is 22.2 Å². The van der Waals surface area contributed by atoms with E-state index in [0.29, 0.717) is 19.6 Å². The molecule has 0 bridgehead atoms. The molecule has 1 saturated carbocycles. The Labute approximate surface area is 205 Å². The molecule has 1 aliphatic rings. The minimum Gasteiger partial charge on any atom is -0.376 e. The van der Waals surface area contributed by atoms with Gasteiger partial charge >= 0.3 is 5.69 Å². The normalized spacial score (nSPS) is 20.3. The first kappa shape index (κ1) is 24.1. The molecule has 176 valence electrons. The van der Waals surface area contributed by atoms with Gasteiger partial charge in [-0.15, -0.1) is 0 Å². The summed E-state index contributed by atoms with van der Waals surface area (Å²) in [6, 6.07) is 18.7. The van der Waals surface area contributed by atoms with E-state index in [1.165, 1.54) is 21.8 Å². The topological polar surface area (TPSA) is 90.4 Å². The molecule has 0 aliphatic heterocycles. The van der Waals surface area contributed by atoms with Gasteiger partial charge in [0.15, 0.2) is 5.78 Å². The molecule has 1 fully saturated rings. The second-order valence-corrected chi connectivity index (χ2v) is 8.67. The molecule has 0 spiro atoms. The lowest BCUT2D eigenvalue weighted by Gasteiger charge is -2.19. The van der Waals surface area contributed by atoms with Crippen LogP contribution in [0.25, 0.3) is 6.08 Å². The number of H-pyrrole nitrogens is 1. The molecule has 0 unspecified atom stereocenters. The number of nitrogens with zero attached hydrogens (tertiary/aromatic N) is 1. The summed E-state index contributed by atoms with van der Waals surface area (Å²) in [5.41, 5.74) is 1.14. The van der Waals surface area contributed by atoms with Gasteiger partial charge in [0.2, 0.25) is 0 Å². The highest BCUT2D eigenvalue weighted by Gasteiger charge is 2.44. The highest BCUT2D eigenvalue weighted by Crippen LogP contribution is 2.34. The molecule has 1 heterocycles. The van der Waals surface area contributed by atoms with E-state index in [-0.39, 0.29) is 18.0 Å². The third kappa shape index (κ3) is 5.70. The van der Waals surface area contributed by atoms with Gasteiger partial charge in [-0.25, -0.2) is 4.79 Å². The van der Waals surface area contributed by atoms with Crippen molar-refractivity contribution >= 4 is 27.8 Å². The Balaban J connectivity index is 1.55. The first-order valence-corrected chi connectivity index (χ1v) is 11.9. The zero-order chi connectivity index (χ0) is 23.9. The molecule has 2 aromatic carbocycles. The summed E-state index contributed by atoms with van der Waals surface area (Å²) in [6.07, 6.45) is 2.83. The SMILES string of the molecule is O=C1[C@H](COCc2ccccc2)[C@@H](OCc2ccccc2)C[C@@H]1n1cc(C=CBr)c(=O)[nH]c1=O. The molecule has 0 saturated heterocycles. The number of aromatic amines is 1. The fourth-order valence-electron chi connectivity index (χ4n) is 4.13. The lowest BCUT2D eigenvalue weighted by molar-refractivity contribution is -0.128. The van der Waals surface area contributed by atoms with E-state index in [1.807, 2.05) is 60.7 Å². The molecular formula is C26H25BrN2O5. The van der Waals surface area contributed by atoms with Gasteiger partial charge in [-0.3, -0.25) is 19.1 Å². The molecule has 34 heavy (non-hydrogen) atoms. The standard InChI is InChI=1S/C26H25BrN2O5/c27-12-11-20-14-29(26(32)28-25(20)31)22-13-23(34-16-19-9-5-2-6-10-19)21(24(22)30)17-33-15-18-7-3-1-4-8-18/h1-12,14,21-23H,13,15-17H2,(H,28,31,32)/t21-,22+,23+/m1/s1. The number of rotatable bonds is 9. The van der Waals surface area contributed by atoms with E-state index in [9.17, 15) is 14.4 Å². The Kier molecular flexibility index (Phi) is 8.05. The second-order valence-electron chi connectivity index (χ2n) is 8.14. The van der Waals surface area contributed by atoms with Gasteiger partial charge in [-0.2, -0.15) is 0 Å². The van der Waals surface area contributed by atoms with Crippen molar-refractivity contribution in [1.82, 2.24) is 9.55 Å².